The van der Waals surface area contributed by atoms with Gasteiger partial charge in [0, 0.05) is 12.8 Å². The molecule has 3 heteroatoms. The van der Waals surface area contributed by atoms with E-state index in [2.05, 4.69) is 23.8 Å². The molecule has 1 rings (SSSR count). The number of methoxy groups -OCH3 is 1. The summed E-state index contributed by atoms with van der Waals surface area (Å²) in [6.07, 6.45) is 13.2. The normalized spacial score (nSPS) is 11.0. The number of ether oxygens (including phenoxy) is 1. The van der Waals surface area contributed by atoms with Crippen LogP contribution in [0, 0.1) is 0 Å². The molecule has 0 aliphatic rings. The molecule has 138 valence electrons. The smallest absolute Gasteiger partial charge is 0.305 e. The fourth-order valence-electron chi connectivity index (χ4n) is 2.78. The lowest BCUT2D eigenvalue weighted by Gasteiger charge is -2.06. The van der Waals surface area contributed by atoms with Crippen molar-refractivity contribution in [2.45, 2.75) is 71.1 Å². The molecule has 25 heavy (non-hydrogen) atoms. The van der Waals surface area contributed by atoms with E-state index >= 15 is 0 Å². The van der Waals surface area contributed by atoms with Gasteiger partial charge in [-0.1, -0.05) is 62.9 Å². The number of unbranched alkanes of at least 4 members (excludes halogenated alkanes) is 5. The summed E-state index contributed by atoms with van der Waals surface area (Å²) in [7, 11) is 1.43. The van der Waals surface area contributed by atoms with Crippen LogP contribution < -0.4 is 0 Å². The molecule has 0 unspecified atom stereocenters. The average Bonchev–Trinajstić information content (AvgIpc) is 2.63. The van der Waals surface area contributed by atoms with Gasteiger partial charge in [-0.2, -0.15) is 0 Å². The van der Waals surface area contributed by atoms with Crippen molar-refractivity contribution in [2.75, 3.05) is 7.11 Å². The summed E-state index contributed by atoms with van der Waals surface area (Å²) >= 11 is 0. The van der Waals surface area contributed by atoms with Crippen LogP contribution in [0.5, 0.6) is 0 Å². The molecule has 1 aromatic carbocycles. The summed E-state index contributed by atoms with van der Waals surface area (Å²) in [6.45, 7) is 2.14. The molecule has 3 nitrogen and oxygen atoms in total. The van der Waals surface area contributed by atoms with Gasteiger partial charge in [-0.15, -0.1) is 0 Å². The zero-order valence-corrected chi connectivity index (χ0v) is 15.8. The first kappa shape index (κ1) is 21.1. The van der Waals surface area contributed by atoms with Crippen LogP contribution in [-0.2, 0) is 20.7 Å². The maximum Gasteiger partial charge on any atom is 0.305 e. The zero-order chi connectivity index (χ0) is 18.3. The predicted octanol–water partition coefficient (Wildman–Crippen LogP) is 5.52. The van der Waals surface area contributed by atoms with Crippen LogP contribution in [0.25, 0.3) is 6.08 Å². The lowest BCUT2D eigenvalue weighted by molar-refractivity contribution is -0.140. The second kappa shape index (κ2) is 13.4. The molecule has 0 fully saturated rings. The van der Waals surface area contributed by atoms with Crippen LogP contribution in [0.1, 0.15) is 75.8 Å². The van der Waals surface area contributed by atoms with Gasteiger partial charge in [0.25, 0.3) is 0 Å². The summed E-state index contributed by atoms with van der Waals surface area (Å²) in [5.41, 5.74) is 2.42. The monoisotopic (exact) mass is 344 g/mol. The van der Waals surface area contributed by atoms with E-state index in [1.807, 2.05) is 18.2 Å². The minimum atomic E-state index is -0.126. The third-order valence-corrected chi connectivity index (χ3v) is 4.34. The first-order valence-electron chi connectivity index (χ1n) is 9.53. The fraction of sp³-hybridized carbons (Fsp3) is 0.545. The standard InChI is InChI=1S/C22H32O3/c1-3-4-7-15-21(23)18-17-20-14-11-10-13-19(20)12-8-5-6-9-16-22(24)25-2/h10-11,13-14,17-18H,3-9,12,15-16H2,1-2H3/b18-17+. The van der Waals surface area contributed by atoms with Gasteiger partial charge in [0.1, 0.15) is 0 Å². The molecule has 0 bridgehead atoms. The third-order valence-electron chi connectivity index (χ3n) is 4.34. The van der Waals surface area contributed by atoms with Crippen molar-refractivity contribution in [2.24, 2.45) is 0 Å². The van der Waals surface area contributed by atoms with Gasteiger partial charge in [-0.25, -0.2) is 0 Å². The Bertz CT molecular complexity index is 546. The molecule has 0 heterocycles. The minimum absolute atomic E-state index is 0.126. The Morgan fingerprint density at radius 3 is 2.44 bits per heavy atom. The quantitative estimate of drug-likeness (QED) is 0.269. The van der Waals surface area contributed by atoms with Crippen molar-refractivity contribution in [3.63, 3.8) is 0 Å². The van der Waals surface area contributed by atoms with Gasteiger partial charge in [0.05, 0.1) is 7.11 Å². The molecule has 0 radical (unpaired) electrons. The number of esters is 1. The summed E-state index contributed by atoms with van der Waals surface area (Å²) in [5.74, 6) is 0.0881. The number of aryl methyl sites for hydroxylation is 1. The predicted molar refractivity (Wildman–Crippen MR) is 103 cm³/mol. The molecule has 0 spiro atoms. The van der Waals surface area contributed by atoms with Crippen molar-refractivity contribution in [3.8, 4) is 0 Å². The number of benzene rings is 1. The van der Waals surface area contributed by atoms with Crippen molar-refractivity contribution in [3.05, 3.63) is 41.5 Å². The number of ketones is 1. The van der Waals surface area contributed by atoms with E-state index in [-0.39, 0.29) is 11.8 Å². The molecule has 0 aliphatic heterocycles. The van der Waals surface area contributed by atoms with E-state index in [0.717, 1.165) is 56.9 Å². The number of carbonyl (C=O) groups excluding carboxylic acids is 2. The molecule has 0 amide bonds. The van der Waals surface area contributed by atoms with Crippen molar-refractivity contribution in [1.82, 2.24) is 0 Å². The van der Waals surface area contributed by atoms with Crippen LogP contribution in [-0.4, -0.2) is 18.9 Å². The Morgan fingerprint density at radius 1 is 0.960 bits per heavy atom. The molecule has 0 aromatic heterocycles. The minimum Gasteiger partial charge on any atom is -0.469 e. The lowest BCUT2D eigenvalue weighted by atomic mass is 9.99. The van der Waals surface area contributed by atoms with E-state index in [9.17, 15) is 9.59 Å². The number of rotatable bonds is 13. The van der Waals surface area contributed by atoms with E-state index in [1.165, 1.54) is 12.7 Å². The maximum atomic E-state index is 11.9. The van der Waals surface area contributed by atoms with Crippen molar-refractivity contribution in [1.29, 1.82) is 0 Å². The van der Waals surface area contributed by atoms with E-state index < -0.39 is 0 Å². The Kier molecular flexibility index (Phi) is 11.3. The second-order valence-corrected chi connectivity index (χ2v) is 6.45. The summed E-state index contributed by atoms with van der Waals surface area (Å²) in [5, 5.41) is 0. The number of allylic oxidation sites excluding steroid dienone is 1. The third kappa shape index (κ3) is 9.85. The van der Waals surface area contributed by atoms with Crippen LogP contribution in [0.2, 0.25) is 0 Å². The Hall–Kier alpha value is -1.90. The maximum absolute atomic E-state index is 11.9. The van der Waals surface area contributed by atoms with Crippen molar-refractivity contribution < 1.29 is 14.3 Å². The highest BCUT2D eigenvalue weighted by Crippen LogP contribution is 2.16. The molecule has 0 atom stereocenters. The van der Waals surface area contributed by atoms with Gasteiger partial charge in [0.15, 0.2) is 5.78 Å². The van der Waals surface area contributed by atoms with E-state index in [4.69, 9.17) is 0 Å². The highest BCUT2D eigenvalue weighted by molar-refractivity contribution is 5.93. The van der Waals surface area contributed by atoms with Crippen LogP contribution >= 0.6 is 0 Å². The molecule has 0 saturated carbocycles. The summed E-state index contributed by atoms with van der Waals surface area (Å²) < 4.78 is 4.64. The molecule has 0 saturated heterocycles. The highest BCUT2D eigenvalue weighted by Gasteiger charge is 2.02. The number of carbonyl (C=O) groups is 2. The Morgan fingerprint density at radius 2 is 1.68 bits per heavy atom. The lowest BCUT2D eigenvalue weighted by Crippen LogP contribution is -1.99. The largest absolute Gasteiger partial charge is 0.469 e. The van der Waals surface area contributed by atoms with Gasteiger partial charge in [-0.3, -0.25) is 9.59 Å². The molecule has 1 aromatic rings. The molecular weight excluding hydrogens is 312 g/mol. The number of hydrogen-bond donors (Lipinski definition) is 0. The van der Waals surface area contributed by atoms with Gasteiger partial charge < -0.3 is 4.74 Å². The van der Waals surface area contributed by atoms with Gasteiger partial charge in [-0.05, 0) is 42.9 Å². The van der Waals surface area contributed by atoms with E-state index in [1.54, 1.807) is 6.08 Å². The van der Waals surface area contributed by atoms with Crippen molar-refractivity contribution >= 4 is 17.8 Å². The topological polar surface area (TPSA) is 43.4 Å². The first-order valence-corrected chi connectivity index (χ1v) is 9.53. The van der Waals surface area contributed by atoms with Crippen LogP contribution in [0.15, 0.2) is 30.3 Å². The van der Waals surface area contributed by atoms with E-state index in [0.29, 0.717) is 12.8 Å². The first-order chi connectivity index (χ1) is 12.2. The van der Waals surface area contributed by atoms with Gasteiger partial charge in [0.2, 0.25) is 0 Å². The molecular formula is C22H32O3. The Labute approximate surface area is 152 Å². The van der Waals surface area contributed by atoms with Crippen LogP contribution in [0.3, 0.4) is 0 Å². The SMILES string of the molecule is CCCCCC(=O)/C=C/c1ccccc1CCCCCCC(=O)OC. The second-order valence-electron chi connectivity index (χ2n) is 6.45. The summed E-state index contributed by atoms with van der Waals surface area (Å²) in [4.78, 5) is 23.0. The fourth-order valence-corrected chi connectivity index (χ4v) is 2.78. The van der Waals surface area contributed by atoms with Crippen LogP contribution in [0.4, 0.5) is 0 Å². The number of hydrogen-bond acceptors (Lipinski definition) is 3. The Balaban J connectivity index is 2.38. The average molecular weight is 344 g/mol. The molecule has 0 N–H and O–H groups in total. The highest BCUT2D eigenvalue weighted by atomic mass is 16.5. The zero-order valence-electron chi connectivity index (χ0n) is 15.8. The summed E-state index contributed by atoms with van der Waals surface area (Å²) in [6, 6.07) is 8.27. The molecule has 0 aliphatic carbocycles. The van der Waals surface area contributed by atoms with Gasteiger partial charge >= 0.3 is 5.97 Å².